The second-order valence-electron chi connectivity index (χ2n) is 4.94. The van der Waals surface area contributed by atoms with Crippen LogP contribution in [0.4, 0.5) is 4.39 Å². The number of imidazole rings is 1. The minimum Gasteiger partial charge on any atom is -0.296 e. The van der Waals surface area contributed by atoms with Crippen LogP contribution < -0.4 is 0 Å². The molecule has 3 rings (SSSR count). The predicted octanol–water partition coefficient (Wildman–Crippen LogP) is 4.51. The van der Waals surface area contributed by atoms with Crippen LogP contribution in [0, 0.1) is 5.82 Å². The molecule has 2 nitrogen and oxygen atoms in total. The summed E-state index contributed by atoms with van der Waals surface area (Å²) >= 11 is 0. The fourth-order valence-electron chi connectivity index (χ4n) is 2.47. The average Bonchev–Trinajstić information content (AvgIpc) is 2.83. The first-order valence-electron chi connectivity index (χ1n) is 7.02. The van der Waals surface area contributed by atoms with Crippen LogP contribution >= 0.6 is 0 Å². The Bertz CT molecular complexity index is 716. The maximum absolute atomic E-state index is 13.6. The van der Waals surface area contributed by atoms with Gasteiger partial charge in [0.1, 0.15) is 11.6 Å². The van der Waals surface area contributed by atoms with Crippen molar-refractivity contribution < 1.29 is 4.39 Å². The molecule has 102 valence electrons. The molecule has 0 bridgehead atoms. The minimum atomic E-state index is -0.225. The lowest BCUT2D eigenvalue weighted by atomic mass is 10.2. The summed E-state index contributed by atoms with van der Waals surface area (Å²) in [4.78, 5) is 4.66. The van der Waals surface area contributed by atoms with E-state index in [1.807, 2.05) is 30.3 Å². The molecule has 0 amide bonds. The van der Waals surface area contributed by atoms with Gasteiger partial charge >= 0.3 is 0 Å². The highest BCUT2D eigenvalue weighted by atomic mass is 19.1. The molecular weight excluding hydrogens is 251 g/mol. The first-order chi connectivity index (χ1) is 9.79. The van der Waals surface area contributed by atoms with E-state index in [1.54, 1.807) is 12.1 Å². The van der Waals surface area contributed by atoms with Gasteiger partial charge in [-0.3, -0.25) is 4.57 Å². The molecule has 0 aliphatic rings. The third-order valence-electron chi connectivity index (χ3n) is 3.45. The fraction of sp³-hybridized carbons (Fsp3) is 0.235. The van der Waals surface area contributed by atoms with Crippen molar-refractivity contribution in [2.45, 2.75) is 26.2 Å². The molecule has 0 fully saturated rings. The molecule has 0 saturated carbocycles. The van der Waals surface area contributed by atoms with E-state index in [9.17, 15) is 4.39 Å². The standard InChI is InChI=1S/C17H17FN2/c1-2-3-9-17-19-15-11-10-13(18)12-16(15)20(17)14-7-5-4-6-8-14/h4-8,10-12H,2-3,9H2,1H3. The summed E-state index contributed by atoms with van der Waals surface area (Å²) < 4.78 is 15.6. The van der Waals surface area contributed by atoms with Gasteiger partial charge in [0.25, 0.3) is 0 Å². The minimum absolute atomic E-state index is 0.225. The smallest absolute Gasteiger partial charge is 0.125 e. The lowest BCUT2D eigenvalue weighted by Gasteiger charge is -2.08. The van der Waals surface area contributed by atoms with Crippen molar-refractivity contribution in [3.05, 3.63) is 60.2 Å². The van der Waals surface area contributed by atoms with Crippen molar-refractivity contribution in [2.24, 2.45) is 0 Å². The van der Waals surface area contributed by atoms with Gasteiger partial charge in [-0.1, -0.05) is 31.5 Å². The normalized spacial score (nSPS) is 11.1. The Labute approximate surface area is 117 Å². The second-order valence-corrected chi connectivity index (χ2v) is 4.94. The van der Waals surface area contributed by atoms with Gasteiger partial charge in [0, 0.05) is 18.2 Å². The summed E-state index contributed by atoms with van der Waals surface area (Å²) in [7, 11) is 0. The number of aryl methyl sites for hydroxylation is 1. The Balaban J connectivity index is 2.22. The van der Waals surface area contributed by atoms with E-state index in [4.69, 9.17) is 0 Å². The van der Waals surface area contributed by atoms with Crippen molar-refractivity contribution in [2.75, 3.05) is 0 Å². The third kappa shape index (κ3) is 2.31. The molecule has 0 radical (unpaired) electrons. The molecule has 20 heavy (non-hydrogen) atoms. The summed E-state index contributed by atoms with van der Waals surface area (Å²) in [5.74, 6) is 0.773. The average molecular weight is 268 g/mol. The van der Waals surface area contributed by atoms with Crippen LogP contribution in [0.15, 0.2) is 48.5 Å². The summed E-state index contributed by atoms with van der Waals surface area (Å²) in [5, 5.41) is 0. The molecule has 0 atom stereocenters. The summed E-state index contributed by atoms with van der Waals surface area (Å²) in [6, 6.07) is 14.8. The van der Waals surface area contributed by atoms with E-state index in [0.717, 1.165) is 41.8 Å². The first-order valence-corrected chi connectivity index (χ1v) is 7.02. The van der Waals surface area contributed by atoms with Gasteiger partial charge in [-0.2, -0.15) is 0 Å². The Morgan fingerprint density at radius 3 is 2.65 bits per heavy atom. The molecule has 0 N–H and O–H groups in total. The number of hydrogen-bond acceptors (Lipinski definition) is 1. The number of nitrogens with zero attached hydrogens (tertiary/aromatic N) is 2. The van der Waals surface area contributed by atoms with Crippen LogP contribution in [0.5, 0.6) is 0 Å². The maximum Gasteiger partial charge on any atom is 0.125 e. The van der Waals surface area contributed by atoms with Gasteiger partial charge < -0.3 is 0 Å². The molecule has 0 aliphatic carbocycles. The predicted molar refractivity (Wildman–Crippen MR) is 79.6 cm³/mol. The molecule has 3 heteroatoms. The first kappa shape index (κ1) is 12.9. The zero-order valence-corrected chi connectivity index (χ0v) is 11.5. The molecule has 1 heterocycles. The van der Waals surface area contributed by atoms with Crippen molar-refractivity contribution in [1.82, 2.24) is 9.55 Å². The van der Waals surface area contributed by atoms with Crippen LogP contribution in [0.3, 0.4) is 0 Å². The van der Waals surface area contributed by atoms with E-state index < -0.39 is 0 Å². The van der Waals surface area contributed by atoms with E-state index in [2.05, 4.69) is 16.5 Å². The quantitative estimate of drug-likeness (QED) is 0.681. The largest absolute Gasteiger partial charge is 0.296 e. The van der Waals surface area contributed by atoms with Crippen LogP contribution in [0.1, 0.15) is 25.6 Å². The Hall–Kier alpha value is -2.16. The van der Waals surface area contributed by atoms with Gasteiger partial charge in [0.05, 0.1) is 11.0 Å². The Morgan fingerprint density at radius 2 is 1.90 bits per heavy atom. The number of fused-ring (bicyclic) bond motifs is 1. The maximum atomic E-state index is 13.6. The molecule has 1 aromatic heterocycles. The Morgan fingerprint density at radius 1 is 1.10 bits per heavy atom. The molecule has 2 aromatic carbocycles. The number of rotatable bonds is 4. The summed E-state index contributed by atoms with van der Waals surface area (Å²) in [5.41, 5.74) is 2.72. The highest BCUT2D eigenvalue weighted by Gasteiger charge is 2.12. The number of halogens is 1. The fourth-order valence-corrected chi connectivity index (χ4v) is 2.47. The number of para-hydroxylation sites is 1. The summed E-state index contributed by atoms with van der Waals surface area (Å²) in [6.45, 7) is 2.16. The van der Waals surface area contributed by atoms with Crippen LogP contribution in [-0.2, 0) is 6.42 Å². The van der Waals surface area contributed by atoms with Crippen LogP contribution in [0.25, 0.3) is 16.7 Å². The zero-order chi connectivity index (χ0) is 13.9. The summed E-state index contributed by atoms with van der Waals surface area (Å²) in [6.07, 6.45) is 3.10. The number of hydrogen-bond donors (Lipinski definition) is 0. The lowest BCUT2D eigenvalue weighted by molar-refractivity contribution is 0.629. The highest BCUT2D eigenvalue weighted by molar-refractivity contribution is 5.78. The Kier molecular flexibility index (Phi) is 3.50. The molecule has 0 unspecified atom stereocenters. The van der Waals surface area contributed by atoms with Crippen molar-refractivity contribution in [3.8, 4) is 5.69 Å². The van der Waals surface area contributed by atoms with E-state index in [-0.39, 0.29) is 5.82 Å². The molecule has 0 aliphatic heterocycles. The molecule has 0 spiro atoms. The molecule has 3 aromatic rings. The molecule has 0 saturated heterocycles. The monoisotopic (exact) mass is 268 g/mol. The SMILES string of the molecule is CCCCc1nc2ccc(F)cc2n1-c1ccccc1. The van der Waals surface area contributed by atoms with Crippen molar-refractivity contribution in [3.63, 3.8) is 0 Å². The highest BCUT2D eigenvalue weighted by Crippen LogP contribution is 2.23. The van der Waals surface area contributed by atoms with Crippen LogP contribution in [-0.4, -0.2) is 9.55 Å². The van der Waals surface area contributed by atoms with E-state index in [0.29, 0.717) is 0 Å². The lowest BCUT2D eigenvalue weighted by Crippen LogP contribution is -2.01. The van der Waals surface area contributed by atoms with E-state index in [1.165, 1.54) is 6.07 Å². The number of unbranched alkanes of at least 4 members (excludes halogenated alkanes) is 1. The van der Waals surface area contributed by atoms with Gasteiger partial charge in [0.2, 0.25) is 0 Å². The van der Waals surface area contributed by atoms with Gasteiger partial charge in [-0.25, -0.2) is 9.37 Å². The van der Waals surface area contributed by atoms with Crippen molar-refractivity contribution in [1.29, 1.82) is 0 Å². The number of aromatic nitrogens is 2. The molecular formula is C17H17FN2. The van der Waals surface area contributed by atoms with E-state index >= 15 is 0 Å². The number of benzene rings is 2. The third-order valence-corrected chi connectivity index (χ3v) is 3.45. The zero-order valence-electron chi connectivity index (χ0n) is 11.5. The van der Waals surface area contributed by atoms with Crippen LogP contribution in [0.2, 0.25) is 0 Å². The van der Waals surface area contributed by atoms with Gasteiger partial charge in [-0.05, 0) is 30.7 Å². The van der Waals surface area contributed by atoms with Gasteiger partial charge in [-0.15, -0.1) is 0 Å². The van der Waals surface area contributed by atoms with Crippen molar-refractivity contribution >= 4 is 11.0 Å². The second kappa shape index (κ2) is 5.45. The van der Waals surface area contributed by atoms with Gasteiger partial charge in [0.15, 0.2) is 0 Å². The topological polar surface area (TPSA) is 17.8 Å².